The molecule has 0 unspecified atom stereocenters. The van der Waals surface area contributed by atoms with E-state index in [0.29, 0.717) is 5.69 Å². The Morgan fingerprint density at radius 1 is 1.23 bits per heavy atom. The van der Waals surface area contributed by atoms with Gasteiger partial charge in [0.15, 0.2) is 0 Å². The van der Waals surface area contributed by atoms with Crippen LogP contribution in [0.25, 0.3) is 0 Å². The van der Waals surface area contributed by atoms with E-state index < -0.39 is 7.82 Å². The van der Waals surface area contributed by atoms with Gasteiger partial charge in [-0.25, -0.2) is 4.57 Å². The van der Waals surface area contributed by atoms with Crippen LogP contribution in [0.4, 0.5) is 5.69 Å². The van der Waals surface area contributed by atoms with Crippen molar-refractivity contribution in [3.05, 3.63) is 24.3 Å². The van der Waals surface area contributed by atoms with Gasteiger partial charge in [0.25, 0.3) is 0 Å². The number of anilines is 1. The Morgan fingerprint density at radius 3 is 2.08 bits per heavy atom. The monoisotopic (exact) mass is 197 g/mol. The molecule has 0 aliphatic rings. The third-order valence-corrected chi connectivity index (χ3v) is 1.55. The standard InChI is InChI=1S/C6H8NO4P.Li.H/c7-5-1-3-6(4-2-5)11-12(8,9)10;;/h1-4H,7H2,(H2,8,9,10);;. The molecule has 0 bridgehead atoms. The molecule has 0 fully saturated rings. The van der Waals surface area contributed by atoms with Crippen molar-refractivity contribution in [1.29, 1.82) is 0 Å². The van der Waals surface area contributed by atoms with E-state index >= 15 is 0 Å². The van der Waals surface area contributed by atoms with E-state index in [1.807, 2.05) is 0 Å². The van der Waals surface area contributed by atoms with Gasteiger partial charge in [-0.05, 0) is 24.3 Å². The number of hydrogen-bond acceptors (Lipinski definition) is 3. The molecule has 7 heteroatoms. The number of nitrogen functional groups attached to an aromatic ring is 1. The number of phosphoric ester groups is 1. The van der Waals surface area contributed by atoms with Crippen molar-refractivity contribution in [2.24, 2.45) is 0 Å². The molecule has 0 amide bonds. The summed E-state index contributed by atoms with van der Waals surface area (Å²) in [6, 6.07) is 5.75. The first-order valence-electron chi connectivity index (χ1n) is 3.08. The van der Waals surface area contributed by atoms with Crippen molar-refractivity contribution in [3.63, 3.8) is 0 Å². The number of nitrogens with two attached hydrogens (primary N) is 1. The minimum absolute atomic E-state index is 0. The van der Waals surface area contributed by atoms with E-state index in [4.69, 9.17) is 15.5 Å². The molecule has 68 valence electrons. The van der Waals surface area contributed by atoms with Gasteiger partial charge >= 0.3 is 26.7 Å². The van der Waals surface area contributed by atoms with Crippen LogP contribution < -0.4 is 10.3 Å². The van der Waals surface area contributed by atoms with Gasteiger partial charge in [-0.3, -0.25) is 9.79 Å². The zero-order valence-electron chi connectivity index (χ0n) is 6.04. The van der Waals surface area contributed by atoms with E-state index in [1.54, 1.807) is 0 Å². The predicted molar refractivity (Wildman–Crippen MR) is 50.7 cm³/mol. The van der Waals surface area contributed by atoms with Crippen molar-refractivity contribution < 1.29 is 18.9 Å². The summed E-state index contributed by atoms with van der Waals surface area (Å²) in [7, 11) is -4.44. The van der Waals surface area contributed by atoms with Gasteiger partial charge in [0, 0.05) is 5.69 Å². The van der Waals surface area contributed by atoms with Crippen LogP contribution in [0.3, 0.4) is 0 Å². The summed E-state index contributed by atoms with van der Waals surface area (Å²) in [5.41, 5.74) is 5.85. The molecule has 5 nitrogen and oxygen atoms in total. The summed E-state index contributed by atoms with van der Waals surface area (Å²) >= 11 is 0. The van der Waals surface area contributed by atoms with Crippen molar-refractivity contribution >= 4 is 32.4 Å². The van der Waals surface area contributed by atoms with Gasteiger partial charge < -0.3 is 10.3 Å². The number of benzene rings is 1. The second kappa shape index (κ2) is 4.71. The Hall–Kier alpha value is -0.433. The molecular formula is C6H9LiNO4P. The van der Waals surface area contributed by atoms with Gasteiger partial charge in [-0.1, -0.05) is 0 Å². The van der Waals surface area contributed by atoms with Gasteiger partial charge in [0.2, 0.25) is 0 Å². The number of rotatable bonds is 2. The Labute approximate surface area is 87.3 Å². The quantitative estimate of drug-likeness (QED) is 0.355. The first kappa shape index (κ1) is 12.6. The fraction of sp³-hybridized carbons (Fsp3) is 0. The minimum atomic E-state index is -4.44. The number of hydrogen-bond donors (Lipinski definition) is 3. The van der Waals surface area contributed by atoms with Gasteiger partial charge in [0.05, 0.1) is 0 Å². The van der Waals surface area contributed by atoms with Crippen LogP contribution in [-0.2, 0) is 4.57 Å². The molecule has 0 saturated carbocycles. The molecular weight excluding hydrogens is 188 g/mol. The maximum absolute atomic E-state index is 10.3. The summed E-state index contributed by atoms with van der Waals surface area (Å²) in [6.07, 6.45) is 0. The molecule has 0 aliphatic carbocycles. The van der Waals surface area contributed by atoms with E-state index in [9.17, 15) is 4.57 Å². The van der Waals surface area contributed by atoms with Crippen LogP contribution in [0.15, 0.2) is 24.3 Å². The van der Waals surface area contributed by atoms with Gasteiger partial charge in [0.1, 0.15) is 5.75 Å². The van der Waals surface area contributed by atoms with E-state index in [2.05, 4.69) is 4.52 Å². The van der Waals surface area contributed by atoms with Crippen LogP contribution in [0, 0.1) is 0 Å². The fourth-order valence-corrected chi connectivity index (χ4v) is 1.06. The zero-order chi connectivity index (χ0) is 9.19. The molecule has 1 aromatic rings. The van der Waals surface area contributed by atoms with Gasteiger partial charge in [-0.15, -0.1) is 0 Å². The van der Waals surface area contributed by atoms with Crippen molar-refractivity contribution in [2.45, 2.75) is 0 Å². The van der Waals surface area contributed by atoms with Crippen LogP contribution in [-0.4, -0.2) is 28.6 Å². The average Bonchev–Trinajstić information content (AvgIpc) is 1.91. The fourth-order valence-electron chi connectivity index (χ4n) is 0.666. The summed E-state index contributed by atoms with van der Waals surface area (Å²) in [4.78, 5) is 16.8. The molecule has 0 spiro atoms. The molecule has 0 aromatic heterocycles. The molecule has 0 atom stereocenters. The van der Waals surface area contributed by atoms with Crippen LogP contribution in [0.2, 0.25) is 0 Å². The first-order valence-corrected chi connectivity index (χ1v) is 4.61. The van der Waals surface area contributed by atoms with Gasteiger partial charge in [-0.2, -0.15) is 0 Å². The molecule has 1 rings (SSSR count). The maximum atomic E-state index is 10.3. The molecule has 0 heterocycles. The Morgan fingerprint density at radius 2 is 1.69 bits per heavy atom. The summed E-state index contributed by atoms with van der Waals surface area (Å²) in [5.74, 6) is 0.0949. The number of phosphoric acid groups is 1. The predicted octanol–water partition coefficient (Wildman–Crippen LogP) is 0.0918. The Bertz CT molecular complexity index is 309. The topological polar surface area (TPSA) is 92.8 Å². The average molecular weight is 197 g/mol. The Kier molecular flexibility index (Phi) is 4.55. The van der Waals surface area contributed by atoms with E-state index in [-0.39, 0.29) is 24.6 Å². The second-order valence-electron chi connectivity index (χ2n) is 2.15. The van der Waals surface area contributed by atoms with Crippen molar-refractivity contribution in [3.8, 4) is 5.75 Å². The molecule has 0 radical (unpaired) electrons. The SMILES string of the molecule is Nc1ccc(OP(=O)(O)O)cc1.[LiH]. The second-order valence-corrected chi connectivity index (χ2v) is 3.31. The third kappa shape index (κ3) is 4.99. The normalized spacial score (nSPS) is 10.3. The van der Waals surface area contributed by atoms with Crippen molar-refractivity contribution in [2.75, 3.05) is 5.73 Å². The summed E-state index contributed by atoms with van der Waals surface area (Å²) < 4.78 is 14.6. The summed E-state index contributed by atoms with van der Waals surface area (Å²) in [5, 5.41) is 0. The van der Waals surface area contributed by atoms with Crippen molar-refractivity contribution in [1.82, 2.24) is 0 Å². The molecule has 0 saturated heterocycles. The Balaban J connectivity index is 0.00000144. The van der Waals surface area contributed by atoms with E-state index in [0.717, 1.165) is 0 Å². The molecule has 13 heavy (non-hydrogen) atoms. The molecule has 0 aliphatic heterocycles. The van der Waals surface area contributed by atoms with Crippen LogP contribution in [0.1, 0.15) is 0 Å². The van der Waals surface area contributed by atoms with E-state index in [1.165, 1.54) is 24.3 Å². The van der Waals surface area contributed by atoms with Crippen LogP contribution >= 0.6 is 7.82 Å². The zero-order valence-corrected chi connectivity index (χ0v) is 6.94. The van der Waals surface area contributed by atoms with Crippen LogP contribution in [0.5, 0.6) is 5.75 Å². The first-order chi connectivity index (χ1) is 5.47. The molecule has 1 aromatic carbocycles. The molecule has 4 N–H and O–H groups in total. The summed E-state index contributed by atoms with van der Waals surface area (Å²) in [6.45, 7) is 0. The third-order valence-electron chi connectivity index (χ3n) is 1.10.